The molecule has 3 rings (SSSR count). The number of hydrogen-bond acceptors (Lipinski definition) is 3. The number of rotatable bonds is 3. The molecule has 0 saturated carbocycles. The summed E-state index contributed by atoms with van der Waals surface area (Å²) in [5, 5.41) is 2.87. The van der Waals surface area contributed by atoms with Gasteiger partial charge < -0.3 is 14.8 Å². The average Bonchev–Trinajstić information content (AvgIpc) is 2.89. The lowest BCUT2D eigenvalue weighted by atomic mass is 10.1. The normalized spacial score (nSPS) is 12.2. The highest BCUT2D eigenvalue weighted by molar-refractivity contribution is 5.92. The summed E-state index contributed by atoms with van der Waals surface area (Å²) >= 11 is 0. The van der Waals surface area contributed by atoms with Crippen LogP contribution >= 0.6 is 0 Å². The van der Waals surface area contributed by atoms with Crippen LogP contribution < -0.4 is 14.8 Å². The third-order valence-electron chi connectivity index (χ3n) is 3.27. The quantitative estimate of drug-likeness (QED) is 0.932. The highest BCUT2D eigenvalue weighted by Gasteiger charge is 2.14. The standard InChI is InChI=1S/C16H15NO3/c1-11-4-2-3-5-12(11)8-16(18)17-13-6-7-14-15(9-13)20-10-19-14/h2-7,9H,8,10H2,1H3,(H,17,18). The lowest BCUT2D eigenvalue weighted by Gasteiger charge is -2.08. The van der Waals surface area contributed by atoms with Gasteiger partial charge in [0.25, 0.3) is 0 Å². The summed E-state index contributed by atoms with van der Waals surface area (Å²) in [6.45, 7) is 2.24. The molecule has 4 nitrogen and oxygen atoms in total. The summed E-state index contributed by atoms with van der Waals surface area (Å²) in [4.78, 5) is 12.1. The fourth-order valence-electron chi connectivity index (χ4n) is 2.16. The maximum Gasteiger partial charge on any atom is 0.231 e. The van der Waals surface area contributed by atoms with Crippen molar-refractivity contribution in [2.75, 3.05) is 12.1 Å². The van der Waals surface area contributed by atoms with Gasteiger partial charge in [0.05, 0.1) is 6.42 Å². The SMILES string of the molecule is Cc1ccccc1CC(=O)Nc1ccc2c(c1)OCO2. The second kappa shape index (κ2) is 5.25. The largest absolute Gasteiger partial charge is 0.454 e. The molecular formula is C16H15NO3. The van der Waals surface area contributed by atoms with Crippen LogP contribution in [0.15, 0.2) is 42.5 Å². The van der Waals surface area contributed by atoms with E-state index < -0.39 is 0 Å². The van der Waals surface area contributed by atoms with E-state index in [0.29, 0.717) is 23.6 Å². The molecule has 0 radical (unpaired) electrons. The number of benzene rings is 2. The Labute approximate surface area is 117 Å². The van der Waals surface area contributed by atoms with Crippen LogP contribution in [0.25, 0.3) is 0 Å². The van der Waals surface area contributed by atoms with Gasteiger partial charge in [-0.05, 0) is 30.2 Å². The minimum atomic E-state index is -0.0434. The number of carbonyl (C=O) groups excluding carboxylic acids is 1. The molecule has 0 bridgehead atoms. The number of amides is 1. The van der Waals surface area contributed by atoms with Gasteiger partial charge in [-0.1, -0.05) is 24.3 Å². The minimum absolute atomic E-state index is 0.0434. The van der Waals surface area contributed by atoms with Crippen molar-refractivity contribution < 1.29 is 14.3 Å². The van der Waals surface area contributed by atoms with Gasteiger partial charge in [-0.3, -0.25) is 4.79 Å². The van der Waals surface area contributed by atoms with Gasteiger partial charge in [0.15, 0.2) is 11.5 Å². The summed E-state index contributed by atoms with van der Waals surface area (Å²) in [7, 11) is 0. The van der Waals surface area contributed by atoms with Crippen molar-refractivity contribution in [3.8, 4) is 11.5 Å². The molecule has 2 aromatic carbocycles. The zero-order chi connectivity index (χ0) is 13.9. The van der Waals surface area contributed by atoms with Crippen LogP contribution in [0.2, 0.25) is 0 Å². The number of ether oxygens (including phenoxy) is 2. The molecule has 102 valence electrons. The average molecular weight is 269 g/mol. The zero-order valence-corrected chi connectivity index (χ0v) is 11.2. The Balaban J connectivity index is 1.69. The third kappa shape index (κ3) is 2.59. The second-order valence-corrected chi connectivity index (χ2v) is 4.72. The molecule has 1 aliphatic rings. The molecule has 0 spiro atoms. The number of fused-ring (bicyclic) bond motifs is 1. The van der Waals surface area contributed by atoms with E-state index in [9.17, 15) is 4.79 Å². The summed E-state index contributed by atoms with van der Waals surface area (Å²) in [6.07, 6.45) is 0.362. The zero-order valence-electron chi connectivity index (χ0n) is 11.2. The molecule has 1 heterocycles. The fraction of sp³-hybridized carbons (Fsp3) is 0.188. The van der Waals surface area contributed by atoms with Gasteiger partial charge in [-0.25, -0.2) is 0 Å². The first-order valence-electron chi connectivity index (χ1n) is 6.46. The Morgan fingerprint density at radius 2 is 1.95 bits per heavy atom. The minimum Gasteiger partial charge on any atom is -0.454 e. The van der Waals surface area contributed by atoms with Crippen LogP contribution in [-0.4, -0.2) is 12.7 Å². The van der Waals surface area contributed by atoms with Crippen molar-refractivity contribution in [2.24, 2.45) is 0 Å². The summed E-state index contributed by atoms with van der Waals surface area (Å²) < 4.78 is 10.5. The van der Waals surface area contributed by atoms with Gasteiger partial charge in [0.2, 0.25) is 12.7 Å². The molecule has 1 aliphatic heterocycles. The Morgan fingerprint density at radius 1 is 1.15 bits per heavy atom. The van der Waals surface area contributed by atoms with Gasteiger partial charge in [-0.15, -0.1) is 0 Å². The van der Waals surface area contributed by atoms with E-state index in [1.807, 2.05) is 37.3 Å². The van der Waals surface area contributed by atoms with Gasteiger partial charge in [0.1, 0.15) is 0 Å². The predicted octanol–water partition coefficient (Wildman–Crippen LogP) is 2.90. The second-order valence-electron chi connectivity index (χ2n) is 4.72. The van der Waals surface area contributed by atoms with Gasteiger partial charge >= 0.3 is 0 Å². The summed E-state index contributed by atoms with van der Waals surface area (Å²) in [5.41, 5.74) is 2.87. The summed E-state index contributed by atoms with van der Waals surface area (Å²) in [6, 6.07) is 13.3. The molecular weight excluding hydrogens is 254 g/mol. The molecule has 4 heteroatoms. The van der Waals surface area contributed by atoms with E-state index in [1.165, 1.54) is 0 Å². The van der Waals surface area contributed by atoms with E-state index >= 15 is 0 Å². The van der Waals surface area contributed by atoms with Crippen LogP contribution in [-0.2, 0) is 11.2 Å². The van der Waals surface area contributed by atoms with E-state index in [1.54, 1.807) is 12.1 Å². The Hall–Kier alpha value is -2.49. The Morgan fingerprint density at radius 3 is 2.80 bits per heavy atom. The number of hydrogen-bond donors (Lipinski definition) is 1. The third-order valence-corrected chi connectivity index (χ3v) is 3.27. The predicted molar refractivity (Wildman–Crippen MR) is 76.1 cm³/mol. The van der Waals surface area contributed by atoms with Crippen molar-refractivity contribution in [2.45, 2.75) is 13.3 Å². The molecule has 0 atom stereocenters. The molecule has 0 saturated heterocycles. The van der Waals surface area contributed by atoms with Crippen LogP contribution in [0.1, 0.15) is 11.1 Å². The lowest BCUT2D eigenvalue weighted by molar-refractivity contribution is -0.115. The van der Waals surface area contributed by atoms with Crippen molar-refractivity contribution in [1.82, 2.24) is 0 Å². The van der Waals surface area contributed by atoms with E-state index in [-0.39, 0.29) is 12.7 Å². The first kappa shape index (κ1) is 12.5. The first-order chi connectivity index (χ1) is 9.72. The smallest absolute Gasteiger partial charge is 0.231 e. The summed E-state index contributed by atoms with van der Waals surface area (Å²) in [5.74, 6) is 1.33. The molecule has 0 aliphatic carbocycles. The van der Waals surface area contributed by atoms with Crippen LogP contribution in [0.3, 0.4) is 0 Å². The first-order valence-corrected chi connectivity index (χ1v) is 6.46. The molecule has 0 aromatic heterocycles. The van der Waals surface area contributed by atoms with E-state index in [0.717, 1.165) is 11.1 Å². The fourth-order valence-corrected chi connectivity index (χ4v) is 2.16. The number of aryl methyl sites for hydroxylation is 1. The lowest BCUT2D eigenvalue weighted by Crippen LogP contribution is -2.14. The molecule has 1 N–H and O–H groups in total. The Bertz CT molecular complexity index is 652. The highest BCUT2D eigenvalue weighted by atomic mass is 16.7. The number of nitrogens with one attached hydrogen (secondary N) is 1. The molecule has 20 heavy (non-hydrogen) atoms. The van der Waals surface area contributed by atoms with Crippen molar-refractivity contribution >= 4 is 11.6 Å². The molecule has 0 unspecified atom stereocenters. The molecule has 1 amide bonds. The van der Waals surface area contributed by atoms with Crippen LogP contribution in [0.4, 0.5) is 5.69 Å². The number of anilines is 1. The van der Waals surface area contributed by atoms with Crippen LogP contribution in [0, 0.1) is 6.92 Å². The van der Waals surface area contributed by atoms with Gasteiger partial charge in [0, 0.05) is 11.8 Å². The van der Waals surface area contributed by atoms with E-state index in [4.69, 9.17) is 9.47 Å². The topological polar surface area (TPSA) is 47.6 Å². The molecule has 0 fully saturated rings. The highest BCUT2D eigenvalue weighted by Crippen LogP contribution is 2.34. The van der Waals surface area contributed by atoms with Crippen LogP contribution in [0.5, 0.6) is 11.5 Å². The van der Waals surface area contributed by atoms with Crippen molar-refractivity contribution in [3.05, 3.63) is 53.6 Å². The maximum atomic E-state index is 12.1. The Kier molecular flexibility index (Phi) is 3.29. The van der Waals surface area contributed by atoms with Crippen molar-refractivity contribution in [1.29, 1.82) is 0 Å². The van der Waals surface area contributed by atoms with E-state index in [2.05, 4.69) is 5.32 Å². The number of carbonyl (C=O) groups is 1. The molecule has 2 aromatic rings. The maximum absolute atomic E-state index is 12.1. The van der Waals surface area contributed by atoms with Crippen molar-refractivity contribution in [3.63, 3.8) is 0 Å². The van der Waals surface area contributed by atoms with Gasteiger partial charge in [-0.2, -0.15) is 0 Å². The monoisotopic (exact) mass is 269 g/mol.